The third-order valence-electron chi connectivity index (χ3n) is 3.39. The van der Waals surface area contributed by atoms with E-state index in [1.54, 1.807) is 11.3 Å². The molecule has 2 heterocycles. The molecule has 0 spiro atoms. The lowest BCUT2D eigenvalue weighted by Crippen LogP contribution is -2.47. The summed E-state index contributed by atoms with van der Waals surface area (Å²) < 4.78 is 5.38. The van der Waals surface area contributed by atoms with E-state index in [2.05, 4.69) is 16.8 Å². The molecular weight excluding hydrogens is 252 g/mol. The van der Waals surface area contributed by atoms with Gasteiger partial charge in [-0.3, -0.25) is 9.59 Å². The normalized spacial score (nSPS) is 18.2. The maximum absolute atomic E-state index is 11.3. The molecule has 1 aromatic rings. The molecule has 18 heavy (non-hydrogen) atoms. The van der Waals surface area contributed by atoms with Crippen LogP contribution >= 0.6 is 11.3 Å². The fourth-order valence-corrected chi connectivity index (χ4v) is 3.01. The summed E-state index contributed by atoms with van der Waals surface area (Å²) in [7, 11) is 0. The number of primary amides is 1. The number of hydrogen-bond acceptors (Lipinski definition) is 4. The van der Waals surface area contributed by atoms with Gasteiger partial charge in [0.15, 0.2) is 0 Å². The van der Waals surface area contributed by atoms with Gasteiger partial charge in [-0.15, -0.1) is 0 Å². The van der Waals surface area contributed by atoms with Crippen LogP contribution in [0.5, 0.6) is 0 Å². The first-order chi connectivity index (χ1) is 8.64. The molecule has 0 radical (unpaired) electrons. The van der Waals surface area contributed by atoms with Crippen molar-refractivity contribution in [2.45, 2.75) is 18.3 Å². The van der Waals surface area contributed by atoms with Gasteiger partial charge in [0.25, 0.3) is 0 Å². The number of hydrogen-bond donors (Lipinski definition) is 2. The van der Waals surface area contributed by atoms with E-state index < -0.39 is 11.8 Å². The molecule has 0 saturated carbocycles. The molecule has 2 amide bonds. The topological polar surface area (TPSA) is 81.4 Å². The summed E-state index contributed by atoms with van der Waals surface area (Å²) in [6.45, 7) is 1.76. The molecule has 0 aliphatic carbocycles. The summed E-state index contributed by atoms with van der Waals surface area (Å²) in [4.78, 5) is 22.0. The zero-order valence-electron chi connectivity index (χ0n) is 9.98. The lowest BCUT2D eigenvalue weighted by molar-refractivity contribution is -0.137. The van der Waals surface area contributed by atoms with Crippen molar-refractivity contribution in [3.05, 3.63) is 22.4 Å². The minimum Gasteiger partial charge on any atom is -0.381 e. The van der Waals surface area contributed by atoms with E-state index in [-0.39, 0.29) is 5.41 Å². The summed E-state index contributed by atoms with van der Waals surface area (Å²) in [5.74, 6) is -1.67. The highest BCUT2D eigenvalue weighted by Crippen LogP contribution is 2.35. The van der Waals surface area contributed by atoms with Gasteiger partial charge in [-0.2, -0.15) is 11.3 Å². The van der Waals surface area contributed by atoms with E-state index in [0.717, 1.165) is 12.8 Å². The highest BCUT2D eigenvalue weighted by molar-refractivity contribution is 7.08. The SMILES string of the molecule is NC(=O)C(=O)NCC1(c2ccsc2)CCOCC1. The van der Waals surface area contributed by atoms with Crippen LogP contribution in [0.2, 0.25) is 0 Å². The van der Waals surface area contributed by atoms with Crippen molar-refractivity contribution in [2.75, 3.05) is 19.8 Å². The van der Waals surface area contributed by atoms with Gasteiger partial charge in [-0.05, 0) is 35.2 Å². The number of ether oxygens (including phenoxy) is 1. The number of amides is 2. The van der Waals surface area contributed by atoms with E-state index >= 15 is 0 Å². The van der Waals surface area contributed by atoms with Crippen LogP contribution in [0.15, 0.2) is 16.8 Å². The van der Waals surface area contributed by atoms with Gasteiger partial charge in [0.1, 0.15) is 0 Å². The molecule has 0 bridgehead atoms. The van der Waals surface area contributed by atoms with E-state index in [1.807, 2.05) is 5.38 Å². The zero-order chi connectivity index (χ0) is 13.0. The number of nitrogens with two attached hydrogens (primary N) is 1. The Morgan fingerprint density at radius 3 is 2.72 bits per heavy atom. The number of rotatable bonds is 3. The van der Waals surface area contributed by atoms with Gasteiger partial charge < -0.3 is 15.8 Å². The van der Waals surface area contributed by atoms with Crippen molar-refractivity contribution in [1.29, 1.82) is 0 Å². The van der Waals surface area contributed by atoms with Gasteiger partial charge in [0.2, 0.25) is 0 Å². The summed E-state index contributed by atoms with van der Waals surface area (Å²) in [5.41, 5.74) is 6.00. The van der Waals surface area contributed by atoms with Crippen LogP contribution in [0.25, 0.3) is 0 Å². The van der Waals surface area contributed by atoms with Crippen molar-refractivity contribution >= 4 is 23.2 Å². The Kier molecular flexibility index (Phi) is 3.98. The molecule has 5 nitrogen and oxygen atoms in total. The third-order valence-corrected chi connectivity index (χ3v) is 4.08. The molecule has 1 saturated heterocycles. The third kappa shape index (κ3) is 2.70. The Morgan fingerprint density at radius 2 is 2.17 bits per heavy atom. The van der Waals surface area contributed by atoms with Gasteiger partial charge in [0.05, 0.1) is 0 Å². The standard InChI is InChI=1S/C12H16N2O3S/c13-10(15)11(16)14-8-12(2-4-17-5-3-12)9-1-6-18-7-9/h1,6-7H,2-5,8H2,(H2,13,15)(H,14,16). The molecular formula is C12H16N2O3S. The molecule has 1 aliphatic rings. The molecule has 6 heteroatoms. The molecule has 1 fully saturated rings. The van der Waals surface area contributed by atoms with Crippen LogP contribution in [-0.4, -0.2) is 31.6 Å². The summed E-state index contributed by atoms with van der Waals surface area (Å²) in [6.07, 6.45) is 1.67. The van der Waals surface area contributed by atoms with Crippen molar-refractivity contribution in [3.8, 4) is 0 Å². The van der Waals surface area contributed by atoms with Crippen molar-refractivity contribution in [2.24, 2.45) is 5.73 Å². The smallest absolute Gasteiger partial charge is 0.309 e. The monoisotopic (exact) mass is 268 g/mol. The molecule has 98 valence electrons. The largest absolute Gasteiger partial charge is 0.381 e. The average molecular weight is 268 g/mol. The van der Waals surface area contributed by atoms with Crippen LogP contribution in [0.1, 0.15) is 18.4 Å². The van der Waals surface area contributed by atoms with Crippen LogP contribution in [0.4, 0.5) is 0 Å². The Morgan fingerprint density at radius 1 is 1.44 bits per heavy atom. The maximum atomic E-state index is 11.3. The van der Waals surface area contributed by atoms with Crippen molar-refractivity contribution in [3.63, 3.8) is 0 Å². The fraction of sp³-hybridized carbons (Fsp3) is 0.500. The summed E-state index contributed by atoms with van der Waals surface area (Å²) in [6, 6.07) is 2.06. The highest BCUT2D eigenvalue weighted by Gasteiger charge is 2.35. The second-order valence-corrected chi connectivity index (χ2v) is 5.23. The predicted octanol–water partition coefficient (Wildman–Crippen LogP) is 0.398. The number of thiophene rings is 1. The van der Waals surface area contributed by atoms with Gasteiger partial charge >= 0.3 is 11.8 Å². The predicted molar refractivity (Wildman–Crippen MR) is 68.3 cm³/mol. The van der Waals surface area contributed by atoms with E-state index in [4.69, 9.17) is 10.5 Å². The molecule has 1 aromatic heterocycles. The number of carbonyl (C=O) groups is 2. The van der Waals surface area contributed by atoms with Gasteiger partial charge in [0, 0.05) is 25.2 Å². The van der Waals surface area contributed by atoms with Crippen LogP contribution in [0, 0.1) is 0 Å². The lowest BCUT2D eigenvalue weighted by atomic mass is 9.75. The first-order valence-electron chi connectivity index (χ1n) is 5.82. The lowest BCUT2D eigenvalue weighted by Gasteiger charge is -2.37. The molecule has 2 rings (SSSR count). The van der Waals surface area contributed by atoms with Crippen LogP contribution < -0.4 is 11.1 Å². The van der Waals surface area contributed by atoms with Crippen molar-refractivity contribution in [1.82, 2.24) is 5.32 Å². The maximum Gasteiger partial charge on any atom is 0.309 e. The van der Waals surface area contributed by atoms with Gasteiger partial charge in [-0.1, -0.05) is 0 Å². The van der Waals surface area contributed by atoms with Crippen LogP contribution in [-0.2, 0) is 19.7 Å². The first kappa shape index (κ1) is 13.0. The van der Waals surface area contributed by atoms with E-state index in [1.165, 1.54) is 5.56 Å². The number of nitrogens with one attached hydrogen (secondary N) is 1. The molecule has 0 atom stereocenters. The summed E-state index contributed by atoms with van der Waals surface area (Å²) >= 11 is 1.63. The first-order valence-corrected chi connectivity index (χ1v) is 6.76. The van der Waals surface area contributed by atoms with Crippen LogP contribution in [0.3, 0.4) is 0 Å². The molecule has 3 N–H and O–H groups in total. The van der Waals surface area contributed by atoms with E-state index in [0.29, 0.717) is 19.8 Å². The van der Waals surface area contributed by atoms with E-state index in [9.17, 15) is 9.59 Å². The molecule has 0 aromatic carbocycles. The minimum atomic E-state index is -0.942. The Labute approximate surface area is 109 Å². The Bertz CT molecular complexity index is 425. The Hall–Kier alpha value is -1.40. The fourth-order valence-electron chi connectivity index (χ4n) is 2.23. The average Bonchev–Trinajstić information content (AvgIpc) is 2.91. The second-order valence-electron chi connectivity index (χ2n) is 4.45. The molecule has 1 aliphatic heterocycles. The number of carbonyl (C=O) groups excluding carboxylic acids is 2. The van der Waals surface area contributed by atoms with Gasteiger partial charge in [-0.25, -0.2) is 0 Å². The minimum absolute atomic E-state index is 0.136. The zero-order valence-corrected chi connectivity index (χ0v) is 10.8. The summed E-state index contributed by atoms with van der Waals surface area (Å²) in [5, 5.41) is 6.72. The second kappa shape index (κ2) is 5.49. The highest BCUT2D eigenvalue weighted by atomic mass is 32.1. The quantitative estimate of drug-likeness (QED) is 0.778. The Balaban J connectivity index is 2.11. The molecule has 0 unspecified atom stereocenters. The van der Waals surface area contributed by atoms with Crippen molar-refractivity contribution < 1.29 is 14.3 Å².